The lowest BCUT2D eigenvalue weighted by Gasteiger charge is -2.40. The van der Waals surface area contributed by atoms with Crippen LogP contribution in [0.3, 0.4) is 0 Å². The van der Waals surface area contributed by atoms with Gasteiger partial charge in [0.15, 0.2) is 0 Å². The van der Waals surface area contributed by atoms with E-state index in [9.17, 15) is 4.39 Å². The summed E-state index contributed by atoms with van der Waals surface area (Å²) in [5.41, 5.74) is 2.95. The summed E-state index contributed by atoms with van der Waals surface area (Å²) < 4.78 is 13.1. The molecule has 2 aromatic rings. The molecule has 0 N–H and O–H groups in total. The van der Waals surface area contributed by atoms with Crippen molar-refractivity contribution in [2.45, 2.75) is 32.4 Å². The molecule has 3 heterocycles. The summed E-state index contributed by atoms with van der Waals surface area (Å²) in [6.45, 7) is 6.62. The van der Waals surface area contributed by atoms with Gasteiger partial charge in [0.2, 0.25) is 0 Å². The van der Waals surface area contributed by atoms with E-state index >= 15 is 0 Å². The van der Waals surface area contributed by atoms with Crippen LogP contribution < -0.4 is 0 Å². The highest BCUT2D eigenvalue weighted by molar-refractivity contribution is 5.16. The minimum atomic E-state index is -0.152. The van der Waals surface area contributed by atoms with Crippen molar-refractivity contribution in [1.82, 2.24) is 14.8 Å². The Hall–Kier alpha value is -1.78. The van der Waals surface area contributed by atoms with Crippen LogP contribution >= 0.6 is 0 Å². The lowest BCUT2D eigenvalue weighted by Crippen LogP contribution is -2.44. The zero-order valence-electron chi connectivity index (χ0n) is 14.7. The van der Waals surface area contributed by atoms with Crippen molar-refractivity contribution in [3.8, 4) is 0 Å². The van der Waals surface area contributed by atoms with Crippen LogP contribution in [0.15, 0.2) is 48.8 Å². The van der Waals surface area contributed by atoms with Gasteiger partial charge in [-0.2, -0.15) is 0 Å². The summed E-state index contributed by atoms with van der Waals surface area (Å²) in [6, 6.07) is 11.2. The van der Waals surface area contributed by atoms with E-state index < -0.39 is 0 Å². The third kappa shape index (κ3) is 4.07. The Kier molecular flexibility index (Phi) is 4.82. The molecule has 2 saturated heterocycles. The minimum absolute atomic E-state index is 0.152. The molecule has 4 rings (SSSR count). The van der Waals surface area contributed by atoms with Gasteiger partial charge in [-0.3, -0.25) is 14.8 Å². The fourth-order valence-corrected chi connectivity index (χ4v) is 4.54. The molecule has 1 aromatic heterocycles. The van der Waals surface area contributed by atoms with Crippen molar-refractivity contribution >= 4 is 0 Å². The molecule has 0 aliphatic carbocycles. The number of hydrogen-bond donors (Lipinski definition) is 0. The molecule has 132 valence electrons. The van der Waals surface area contributed by atoms with E-state index in [1.165, 1.54) is 43.5 Å². The van der Waals surface area contributed by atoms with E-state index in [1.807, 2.05) is 30.6 Å². The van der Waals surface area contributed by atoms with Crippen molar-refractivity contribution in [1.29, 1.82) is 0 Å². The molecular formula is C21H26FN3. The second-order valence-electron chi connectivity index (χ2n) is 7.76. The largest absolute Gasteiger partial charge is 0.298 e. The molecule has 0 saturated carbocycles. The molecule has 2 fully saturated rings. The monoisotopic (exact) mass is 339 g/mol. The lowest BCUT2D eigenvalue weighted by molar-refractivity contribution is 0.0866. The van der Waals surface area contributed by atoms with E-state index in [2.05, 4.69) is 20.9 Å². The average molecular weight is 339 g/mol. The van der Waals surface area contributed by atoms with Gasteiger partial charge in [-0.05, 0) is 67.1 Å². The highest BCUT2D eigenvalue weighted by atomic mass is 19.1. The second-order valence-corrected chi connectivity index (χ2v) is 7.76. The van der Waals surface area contributed by atoms with Gasteiger partial charge in [-0.25, -0.2) is 4.39 Å². The average Bonchev–Trinajstić information content (AvgIpc) is 3.00. The summed E-state index contributed by atoms with van der Waals surface area (Å²) >= 11 is 0. The smallest absolute Gasteiger partial charge is 0.123 e. The number of likely N-dealkylation sites (tertiary alicyclic amines) is 2. The van der Waals surface area contributed by atoms with Gasteiger partial charge in [0, 0.05) is 38.6 Å². The second kappa shape index (κ2) is 7.22. The third-order valence-corrected chi connectivity index (χ3v) is 5.71. The predicted molar refractivity (Wildman–Crippen MR) is 97.5 cm³/mol. The number of halogens is 1. The standard InChI is InChI=1S/C21H26FN3/c22-20-6-4-18(5-7-20)14-24-11-2-8-21(16-24)9-12-25(17-21)15-19-3-1-10-23-13-19/h1,3-7,10,13H,2,8-9,11-12,14-17H2. The molecule has 1 spiro atoms. The first-order valence-electron chi connectivity index (χ1n) is 9.29. The van der Waals surface area contributed by atoms with E-state index in [0.717, 1.165) is 26.2 Å². The molecule has 0 bridgehead atoms. The first-order chi connectivity index (χ1) is 12.2. The fraction of sp³-hybridized carbons (Fsp3) is 0.476. The summed E-state index contributed by atoms with van der Waals surface area (Å²) in [5, 5.41) is 0. The zero-order chi connectivity index (χ0) is 17.1. The molecule has 25 heavy (non-hydrogen) atoms. The van der Waals surface area contributed by atoms with Crippen LogP contribution in [-0.4, -0.2) is 41.0 Å². The van der Waals surface area contributed by atoms with Gasteiger partial charge in [0.25, 0.3) is 0 Å². The van der Waals surface area contributed by atoms with Crippen molar-refractivity contribution in [2.24, 2.45) is 5.41 Å². The quantitative estimate of drug-likeness (QED) is 0.846. The Morgan fingerprint density at radius 1 is 0.920 bits per heavy atom. The summed E-state index contributed by atoms with van der Waals surface area (Å²) in [4.78, 5) is 9.38. The van der Waals surface area contributed by atoms with Gasteiger partial charge >= 0.3 is 0 Å². The van der Waals surface area contributed by atoms with Crippen LogP contribution in [0, 0.1) is 11.2 Å². The number of piperidine rings is 1. The van der Waals surface area contributed by atoms with Crippen LogP contribution in [0.25, 0.3) is 0 Å². The molecule has 1 atom stereocenters. The molecule has 2 aliphatic rings. The molecule has 1 aromatic carbocycles. The summed E-state index contributed by atoms with van der Waals surface area (Å²) in [5.74, 6) is -0.152. The van der Waals surface area contributed by atoms with E-state index in [4.69, 9.17) is 0 Å². The topological polar surface area (TPSA) is 19.4 Å². The highest BCUT2D eigenvalue weighted by Gasteiger charge is 2.41. The Morgan fingerprint density at radius 3 is 2.44 bits per heavy atom. The molecular weight excluding hydrogens is 313 g/mol. The summed E-state index contributed by atoms with van der Waals surface area (Å²) in [6.07, 6.45) is 7.70. The number of benzene rings is 1. The van der Waals surface area contributed by atoms with Crippen LogP contribution in [0.1, 0.15) is 30.4 Å². The first-order valence-corrected chi connectivity index (χ1v) is 9.29. The van der Waals surface area contributed by atoms with Crippen molar-refractivity contribution in [3.63, 3.8) is 0 Å². The van der Waals surface area contributed by atoms with Gasteiger partial charge in [-0.15, -0.1) is 0 Å². The molecule has 0 amide bonds. The Morgan fingerprint density at radius 2 is 1.68 bits per heavy atom. The minimum Gasteiger partial charge on any atom is -0.298 e. The fourth-order valence-electron chi connectivity index (χ4n) is 4.54. The number of nitrogens with zero attached hydrogens (tertiary/aromatic N) is 3. The zero-order valence-corrected chi connectivity index (χ0v) is 14.7. The number of pyridine rings is 1. The van der Waals surface area contributed by atoms with Crippen LogP contribution in [0.2, 0.25) is 0 Å². The highest BCUT2D eigenvalue weighted by Crippen LogP contribution is 2.39. The van der Waals surface area contributed by atoms with Gasteiger partial charge in [0.1, 0.15) is 5.82 Å². The van der Waals surface area contributed by atoms with Crippen molar-refractivity contribution in [2.75, 3.05) is 26.2 Å². The van der Waals surface area contributed by atoms with E-state index in [-0.39, 0.29) is 5.82 Å². The number of hydrogen-bond acceptors (Lipinski definition) is 3. The molecule has 4 heteroatoms. The Balaban J connectivity index is 1.36. The van der Waals surface area contributed by atoms with Gasteiger partial charge in [0.05, 0.1) is 0 Å². The molecule has 0 radical (unpaired) electrons. The predicted octanol–water partition coefficient (Wildman–Crippen LogP) is 3.71. The molecule has 3 nitrogen and oxygen atoms in total. The number of rotatable bonds is 4. The maximum Gasteiger partial charge on any atom is 0.123 e. The lowest BCUT2D eigenvalue weighted by atomic mass is 9.79. The molecule has 1 unspecified atom stereocenters. The summed E-state index contributed by atoms with van der Waals surface area (Å²) in [7, 11) is 0. The van der Waals surface area contributed by atoms with Crippen LogP contribution in [-0.2, 0) is 13.1 Å². The van der Waals surface area contributed by atoms with Crippen molar-refractivity contribution < 1.29 is 4.39 Å². The molecule has 2 aliphatic heterocycles. The van der Waals surface area contributed by atoms with Gasteiger partial charge in [-0.1, -0.05) is 18.2 Å². The SMILES string of the molecule is Fc1ccc(CN2CCCC3(CCN(Cc4cccnc4)C3)C2)cc1. The van der Waals surface area contributed by atoms with Crippen LogP contribution in [0.4, 0.5) is 4.39 Å². The maximum atomic E-state index is 13.1. The van der Waals surface area contributed by atoms with E-state index in [0.29, 0.717) is 5.41 Å². The first kappa shape index (κ1) is 16.7. The third-order valence-electron chi connectivity index (χ3n) is 5.71. The van der Waals surface area contributed by atoms with Crippen LogP contribution in [0.5, 0.6) is 0 Å². The van der Waals surface area contributed by atoms with Gasteiger partial charge < -0.3 is 0 Å². The maximum absolute atomic E-state index is 13.1. The Labute approximate surface area is 149 Å². The Bertz CT molecular complexity index is 688. The van der Waals surface area contributed by atoms with E-state index in [1.54, 1.807) is 12.1 Å². The van der Waals surface area contributed by atoms with Crippen molar-refractivity contribution in [3.05, 3.63) is 65.7 Å². The number of aromatic nitrogens is 1. The normalized spacial score (nSPS) is 24.8.